The summed E-state index contributed by atoms with van der Waals surface area (Å²) in [5.74, 6) is -21.8. The molecule has 0 unspecified atom stereocenters. The van der Waals surface area contributed by atoms with Gasteiger partial charge < -0.3 is 9.84 Å². The number of benzene rings is 2. The molecule has 2 saturated heterocycles. The van der Waals surface area contributed by atoms with Gasteiger partial charge in [-0.15, -0.1) is 34.5 Å². The molecule has 1 aromatic heterocycles. The quantitative estimate of drug-likeness (QED) is 0.0875. The Kier molecular flexibility index (Phi) is 7.46. The molecule has 16 heteroatoms. The molecule has 8 nitrogen and oxygen atoms in total. The smallest absolute Gasteiger partial charge is 0.258 e. The number of halogens is 7. The number of carbonyl (C=O) groups excluding carboxylic acids is 4. The summed E-state index contributed by atoms with van der Waals surface area (Å²) >= 11 is 15.5. The maximum absolute atomic E-state index is 15.2. The van der Waals surface area contributed by atoms with E-state index in [9.17, 15) is 37.5 Å². The number of likely N-dealkylation sites (tertiary alicyclic amines) is 1. The fourth-order valence-corrected chi connectivity index (χ4v) is 9.20. The van der Waals surface area contributed by atoms with E-state index in [1.807, 2.05) is 0 Å². The second-order valence-corrected chi connectivity index (χ2v) is 14.2. The monoisotopic (exact) mass is 726 g/mol. The number of ether oxygens (including phenoxy) is 1. The predicted molar refractivity (Wildman–Crippen MR) is 161 cm³/mol. The molecule has 3 heterocycles. The van der Waals surface area contributed by atoms with E-state index in [1.54, 1.807) is 23.6 Å². The molecule has 1 saturated carbocycles. The summed E-state index contributed by atoms with van der Waals surface area (Å²) in [4.78, 5) is 52.2. The van der Waals surface area contributed by atoms with Gasteiger partial charge in [0.1, 0.15) is 17.2 Å². The third-order valence-electron chi connectivity index (χ3n) is 9.75. The van der Waals surface area contributed by atoms with Crippen molar-refractivity contribution < 1.29 is 51.0 Å². The normalized spacial score (nSPS) is 29.6. The lowest BCUT2D eigenvalue weighted by atomic mass is 9.56. The number of alkyl halides is 2. The number of fused-ring (bicyclic) bond motifs is 4. The first kappa shape index (κ1) is 32.5. The molecule has 3 fully saturated rings. The highest BCUT2D eigenvalue weighted by Gasteiger charge is 2.77. The summed E-state index contributed by atoms with van der Waals surface area (Å²) in [6, 6.07) is 7.33. The van der Waals surface area contributed by atoms with E-state index >= 15 is 8.78 Å². The van der Waals surface area contributed by atoms with Gasteiger partial charge in [-0.05, 0) is 48.4 Å². The maximum atomic E-state index is 15.2. The molecule has 3 aromatic rings. The number of rotatable bonds is 5. The Morgan fingerprint density at radius 3 is 2.23 bits per heavy atom. The van der Waals surface area contributed by atoms with E-state index in [4.69, 9.17) is 27.9 Å². The maximum Gasteiger partial charge on any atom is 0.258 e. The van der Waals surface area contributed by atoms with Gasteiger partial charge in [-0.3, -0.25) is 24.1 Å². The molecule has 0 spiro atoms. The number of hydrogen-bond acceptors (Lipinski definition) is 7. The van der Waals surface area contributed by atoms with Crippen LogP contribution in [0.5, 0.6) is 11.5 Å². The van der Waals surface area contributed by atoms with Crippen molar-refractivity contribution in [2.45, 2.75) is 35.1 Å². The van der Waals surface area contributed by atoms with Crippen LogP contribution >= 0.6 is 34.5 Å². The van der Waals surface area contributed by atoms with Gasteiger partial charge >= 0.3 is 0 Å². The zero-order chi connectivity index (χ0) is 34.6. The number of allylic oxidation sites excluding steroid dienone is 2. The van der Waals surface area contributed by atoms with Crippen molar-refractivity contribution in [3.63, 3.8) is 0 Å². The number of nitrogens with zero attached hydrogens (tertiary/aromatic N) is 2. The van der Waals surface area contributed by atoms with Crippen LogP contribution in [0.2, 0.25) is 0 Å². The number of imide groups is 2. The number of carbonyl (C=O) groups is 4. The molecule has 4 aliphatic rings. The van der Waals surface area contributed by atoms with Crippen molar-refractivity contribution in [2.24, 2.45) is 17.8 Å². The fraction of sp³-hybridized carbons (Fsp3) is 0.312. The second kappa shape index (κ2) is 11.0. The molecular formula is C32H21Cl2F5N2O6S. The van der Waals surface area contributed by atoms with Gasteiger partial charge in [-0.25, -0.2) is 26.9 Å². The van der Waals surface area contributed by atoms with Gasteiger partial charge in [0, 0.05) is 16.4 Å². The third-order valence-corrected chi connectivity index (χ3v) is 12.0. The number of methoxy groups -OCH3 is 1. The largest absolute Gasteiger partial charge is 0.508 e. The van der Waals surface area contributed by atoms with Crippen LogP contribution in [0.3, 0.4) is 0 Å². The zero-order valence-electron chi connectivity index (χ0n) is 24.4. The molecule has 7 rings (SSSR count). The topological polar surface area (TPSA) is 104 Å². The van der Waals surface area contributed by atoms with Gasteiger partial charge in [0.15, 0.2) is 33.0 Å². The summed E-state index contributed by atoms with van der Waals surface area (Å²) in [6.07, 6.45) is 0.887. The van der Waals surface area contributed by atoms with Crippen LogP contribution in [0.4, 0.5) is 27.6 Å². The fourth-order valence-electron chi connectivity index (χ4n) is 7.58. The van der Waals surface area contributed by atoms with Crippen molar-refractivity contribution in [2.75, 3.05) is 12.0 Å². The van der Waals surface area contributed by atoms with Crippen LogP contribution in [0.25, 0.3) is 0 Å². The lowest BCUT2D eigenvalue weighted by Crippen LogP contribution is -2.60. The number of amides is 4. The van der Waals surface area contributed by atoms with Crippen LogP contribution in [0.1, 0.15) is 29.2 Å². The van der Waals surface area contributed by atoms with Crippen molar-refractivity contribution in [3.8, 4) is 11.5 Å². The minimum atomic E-state index is -2.76. The number of phenolic OH excluding ortho intramolecular Hbond substituents is 1. The summed E-state index contributed by atoms with van der Waals surface area (Å²) < 4.78 is 78.4. The molecule has 6 atom stereocenters. The Balaban J connectivity index is 1.43. The van der Waals surface area contributed by atoms with Crippen LogP contribution in [-0.2, 0) is 25.7 Å². The molecule has 48 heavy (non-hydrogen) atoms. The Morgan fingerprint density at radius 2 is 1.60 bits per heavy atom. The van der Waals surface area contributed by atoms with Crippen LogP contribution < -0.4 is 9.64 Å². The molecule has 0 bridgehead atoms. The van der Waals surface area contributed by atoms with Crippen molar-refractivity contribution >= 4 is 63.9 Å². The molecule has 2 aromatic carbocycles. The minimum Gasteiger partial charge on any atom is -0.508 e. The van der Waals surface area contributed by atoms with Crippen LogP contribution in [0.15, 0.2) is 47.4 Å². The Hall–Kier alpha value is -4.01. The average Bonchev–Trinajstić information content (AvgIpc) is 3.71. The van der Waals surface area contributed by atoms with E-state index < -0.39 is 104 Å². The van der Waals surface area contributed by atoms with Gasteiger partial charge in [0.2, 0.25) is 17.6 Å². The number of hydrogen-bond donors (Lipinski definition) is 1. The highest BCUT2D eigenvalue weighted by molar-refractivity contribution is 7.09. The lowest BCUT2D eigenvalue weighted by molar-refractivity contribution is -0.141. The molecule has 2 aliphatic carbocycles. The van der Waals surface area contributed by atoms with Gasteiger partial charge in [0.25, 0.3) is 11.8 Å². The predicted octanol–water partition coefficient (Wildman–Crippen LogP) is 5.92. The van der Waals surface area contributed by atoms with E-state index in [2.05, 4.69) is 0 Å². The van der Waals surface area contributed by atoms with Gasteiger partial charge in [-0.2, -0.15) is 0 Å². The third kappa shape index (κ3) is 4.11. The second-order valence-electron chi connectivity index (χ2n) is 12.0. The Labute approximate surface area is 282 Å². The zero-order valence-corrected chi connectivity index (χ0v) is 26.7. The molecule has 1 N–H and O–H groups in total. The average molecular weight is 727 g/mol. The molecule has 4 amide bonds. The number of anilines is 1. The Bertz CT molecular complexity index is 1970. The number of thiophene rings is 1. The minimum absolute atomic E-state index is 0.0189. The van der Waals surface area contributed by atoms with Crippen molar-refractivity contribution in [1.82, 2.24) is 4.90 Å². The molecular weight excluding hydrogens is 706 g/mol. The van der Waals surface area contributed by atoms with E-state index in [1.165, 1.54) is 36.6 Å². The highest BCUT2D eigenvalue weighted by atomic mass is 35.5. The summed E-state index contributed by atoms with van der Waals surface area (Å²) in [7, 11) is 1.30. The molecule has 250 valence electrons. The van der Waals surface area contributed by atoms with Gasteiger partial charge in [-0.1, -0.05) is 17.7 Å². The number of aromatic hydroxyl groups is 1. The first-order valence-corrected chi connectivity index (χ1v) is 16.0. The van der Waals surface area contributed by atoms with E-state index in [-0.39, 0.29) is 34.8 Å². The summed E-state index contributed by atoms with van der Waals surface area (Å²) in [5.41, 5.74) is -1.81. The van der Waals surface area contributed by atoms with Crippen LogP contribution in [0, 0.1) is 46.8 Å². The number of phenols is 1. The summed E-state index contributed by atoms with van der Waals surface area (Å²) in [5, 5.41) is 12.9. The van der Waals surface area contributed by atoms with E-state index in [0.29, 0.717) is 0 Å². The van der Waals surface area contributed by atoms with Gasteiger partial charge in [0.05, 0.1) is 25.5 Å². The first-order valence-electron chi connectivity index (χ1n) is 14.4. The van der Waals surface area contributed by atoms with Crippen LogP contribution in [-0.4, -0.2) is 50.5 Å². The Morgan fingerprint density at radius 1 is 0.938 bits per heavy atom. The van der Waals surface area contributed by atoms with E-state index in [0.717, 1.165) is 9.78 Å². The first-order chi connectivity index (χ1) is 22.7. The molecule has 0 radical (unpaired) electrons. The lowest BCUT2D eigenvalue weighted by Gasteiger charge is -2.50. The highest BCUT2D eigenvalue weighted by Crippen LogP contribution is 2.67. The van der Waals surface area contributed by atoms with Crippen molar-refractivity contribution in [3.05, 3.63) is 86.9 Å². The standard InChI is InChI=1S/C32H21Cl2F5N2O6S/c1-47-12-4-7-18(42)16(9-12)20-14-5-6-15-19(28(44)40(27(15)43)11-13-3-2-8-48-13)17(14)10-31(33)29(45)41(30(46)32(20,31)34)26-24(38)22(36)21(35)23(37)25(26)39/h2-5,7-9,15,17,19-20,42H,6,10-11H2,1H3/t15-,17+,19-,20+,31+,32-/m0/s1. The molecule has 2 aliphatic heterocycles. The summed E-state index contributed by atoms with van der Waals surface area (Å²) in [6.45, 7) is -0.0264. The SMILES string of the molecule is COc1ccc(O)c([C@H]2C3=CC[C@@H]4C(=O)N(Cc5cccs5)C(=O)[C@@H]4[C@@H]3C[C@@]3(Cl)C(=O)N(c4c(F)c(F)c(F)c(F)c4F)C(=O)[C@@]23Cl)c1. The van der Waals surface area contributed by atoms with Crippen molar-refractivity contribution in [1.29, 1.82) is 0 Å².